The molecule has 0 bridgehead atoms. The zero-order valence-electron chi connectivity index (χ0n) is 12.1. The fourth-order valence-electron chi connectivity index (χ4n) is 2.36. The molecule has 3 heteroatoms. The predicted octanol–water partition coefficient (Wildman–Crippen LogP) is 2.47. The second-order valence-electron chi connectivity index (χ2n) is 5.13. The molecule has 0 aliphatic rings. The summed E-state index contributed by atoms with van der Waals surface area (Å²) in [7, 11) is 0. The maximum absolute atomic E-state index is 6.28. The van der Waals surface area contributed by atoms with Gasteiger partial charge in [0.05, 0.1) is 0 Å². The maximum atomic E-state index is 6.28. The van der Waals surface area contributed by atoms with Crippen LogP contribution in [0.1, 0.15) is 18.1 Å². The molecule has 1 unspecified atom stereocenters. The fraction of sp³-hybridized carbons (Fsp3) is 0.353. The van der Waals surface area contributed by atoms with E-state index in [1.807, 2.05) is 18.5 Å². The van der Waals surface area contributed by atoms with Crippen molar-refractivity contribution in [3.8, 4) is 0 Å². The lowest BCUT2D eigenvalue weighted by atomic mass is 10.1. The fourth-order valence-corrected chi connectivity index (χ4v) is 2.36. The van der Waals surface area contributed by atoms with Gasteiger partial charge in [-0.2, -0.15) is 0 Å². The summed E-state index contributed by atoms with van der Waals surface area (Å²) in [6.07, 6.45) is 4.60. The third kappa shape index (κ3) is 4.76. The summed E-state index contributed by atoms with van der Waals surface area (Å²) < 4.78 is 0. The van der Waals surface area contributed by atoms with Crippen LogP contribution in [-0.2, 0) is 13.0 Å². The molecule has 20 heavy (non-hydrogen) atoms. The summed E-state index contributed by atoms with van der Waals surface area (Å²) >= 11 is 0. The highest BCUT2D eigenvalue weighted by Crippen LogP contribution is 2.06. The number of likely N-dealkylation sites (N-methyl/N-ethyl adjacent to an activating group) is 1. The molecule has 0 aliphatic heterocycles. The minimum atomic E-state index is 0.166. The average molecular weight is 269 g/mol. The minimum absolute atomic E-state index is 0.166. The van der Waals surface area contributed by atoms with Crippen LogP contribution in [0.25, 0.3) is 0 Å². The number of pyridine rings is 1. The molecule has 1 aromatic carbocycles. The second kappa shape index (κ2) is 7.78. The summed E-state index contributed by atoms with van der Waals surface area (Å²) in [5.41, 5.74) is 8.87. The number of rotatable bonds is 7. The molecule has 0 amide bonds. The number of hydrogen-bond acceptors (Lipinski definition) is 3. The topological polar surface area (TPSA) is 42.2 Å². The highest BCUT2D eigenvalue weighted by molar-refractivity contribution is 5.16. The van der Waals surface area contributed by atoms with Crippen LogP contribution in [-0.4, -0.2) is 29.0 Å². The van der Waals surface area contributed by atoms with Gasteiger partial charge < -0.3 is 5.73 Å². The Morgan fingerprint density at radius 1 is 1.05 bits per heavy atom. The van der Waals surface area contributed by atoms with E-state index in [2.05, 4.69) is 53.2 Å². The van der Waals surface area contributed by atoms with Gasteiger partial charge in [0.15, 0.2) is 0 Å². The molecule has 1 heterocycles. The molecular formula is C17H23N3. The van der Waals surface area contributed by atoms with Gasteiger partial charge >= 0.3 is 0 Å². The van der Waals surface area contributed by atoms with Gasteiger partial charge in [-0.1, -0.05) is 37.3 Å². The summed E-state index contributed by atoms with van der Waals surface area (Å²) in [5.74, 6) is 0. The van der Waals surface area contributed by atoms with Gasteiger partial charge in [0.1, 0.15) is 0 Å². The number of nitrogens with zero attached hydrogens (tertiary/aromatic N) is 2. The molecule has 2 aromatic rings. The lowest BCUT2D eigenvalue weighted by Gasteiger charge is -2.24. The van der Waals surface area contributed by atoms with Gasteiger partial charge in [-0.05, 0) is 36.2 Å². The zero-order valence-corrected chi connectivity index (χ0v) is 12.1. The smallest absolute Gasteiger partial charge is 0.0271 e. The zero-order chi connectivity index (χ0) is 14.2. The summed E-state index contributed by atoms with van der Waals surface area (Å²) in [4.78, 5) is 6.43. The quantitative estimate of drug-likeness (QED) is 0.839. The Morgan fingerprint density at radius 2 is 1.75 bits per heavy atom. The normalized spacial score (nSPS) is 12.6. The van der Waals surface area contributed by atoms with Crippen LogP contribution >= 0.6 is 0 Å². The van der Waals surface area contributed by atoms with Crippen molar-refractivity contribution in [2.75, 3.05) is 13.1 Å². The van der Waals surface area contributed by atoms with Crippen molar-refractivity contribution >= 4 is 0 Å². The Kier molecular flexibility index (Phi) is 5.71. The number of nitrogens with two attached hydrogens (primary N) is 1. The molecule has 0 aliphatic carbocycles. The van der Waals surface area contributed by atoms with Gasteiger partial charge in [-0.3, -0.25) is 9.88 Å². The van der Waals surface area contributed by atoms with E-state index >= 15 is 0 Å². The highest BCUT2D eigenvalue weighted by Gasteiger charge is 2.10. The van der Waals surface area contributed by atoms with Crippen LogP contribution in [0.15, 0.2) is 54.9 Å². The Bertz CT molecular complexity index is 484. The van der Waals surface area contributed by atoms with Gasteiger partial charge in [0.2, 0.25) is 0 Å². The lowest BCUT2D eigenvalue weighted by molar-refractivity contribution is 0.260. The average Bonchev–Trinajstić information content (AvgIpc) is 2.48. The van der Waals surface area contributed by atoms with Crippen LogP contribution < -0.4 is 5.73 Å². The van der Waals surface area contributed by atoms with E-state index in [0.717, 1.165) is 26.1 Å². The predicted molar refractivity (Wildman–Crippen MR) is 83.3 cm³/mol. The Morgan fingerprint density at radius 3 is 2.40 bits per heavy atom. The number of aromatic nitrogens is 1. The first-order valence-electron chi connectivity index (χ1n) is 7.18. The molecule has 1 atom stereocenters. The molecule has 2 rings (SSSR count). The van der Waals surface area contributed by atoms with Crippen molar-refractivity contribution in [3.05, 3.63) is 66.0 Å². The molecule has 0 spiro atoms. The first kappa shape index (κ1) is 14.7. The van der Waals surface area contributed by atoms with Crippen molar-refractivity contribution in [3.63, 3.8) is 0 Å². The SMILES string of the molecule is CCN(Cc1ccncc1)CC(N)Cc1ccccc1. The Hall–Kier alpha value is -1.71. The lowest BCUT2D eigenvalue weighted by Crippen LogP contribution is -2.38. The highest BCUT2D eigenvalue weighted by atomic mass is 15.1. The largest absolute Gasteiger partial charge is 0.326 e. The Balaban J connectivity index is 1.86. The van der Waals surface area contributed by atoms with Crippen molar-refractivity contribution in [2.24, 2.45) is 5.73 Å². The van der Waals surface area contributed by atoms with Gasteiger partial charge in [0, 0.05) is 31.5 Å². The molecule has 106 valence electrons. The van der Waals surface area contributed by atoms with Gasteiger partial charge in [-0.15, -0.1) is 0 Å². The van der Waals surface area contributed by atoms with E-state index in [1.54, 1.807) is 0 Å². The minimum Gasteiger partial charge on any atom is -0.326 e. The van der Waals surface area contributed by atoms with Crippen molar-refractivity contribution < 1.29 is 0 Å². The monoisotopic (exact) mass is 269 g/mol. The summed E-state index contributed by atoms with van der Waals surface area (Å²) in [5, 5.41) is 0. The van der Waals surface area contributed by atoms with Gasteiger partial charge in [-0.25, -0.2) is 0 Å². The molecule has 1 aromatic heterocycles. The van der Waals surface area contributed by atoms with E-state index in [-0.39, 0.29) is 6.04 Å². The molecular weight excluding hydrogens is 246 g/mol. The first-order valence-corrected chi connectivity index (χ1v) is 7.18. The van der Waals surface area contributed by atoms with E-state index in [4.69, 9.17) is 5.73 Å². The standard InChI is InChI=1S/C17H23N3/c1-2-20(13-16-8-10-19-11-9-16)14-17(18)12-15-6-4-3-5-7-15/h3-11,17H,2,12-14,18H2,1H3. The van der Waals surface area contributed by atoms with Crippen LogP contribution in [0.3, 0.4) is 0 Å². The molecule has 3 nitrogen and oxygen atoms in total. The van der Waals surface area contributed by atoms with Crippen LogP contribution in [0.2, 0.25) is 0 Å². The second-order valence-corrected chi connectivity index (χ2v) is 5.13. The van der Waals surface area contributed by atoms with E-state index < -0.39 is 0 Å². The maximum Gasteiger partial charge on any atom is 0.0271 e. The third-order valence-electron chi connectivity index (χ3n) is 3.44. The summed E-state index contributed by atoms with van der Waals surface area (Å²) in [6, 6.07) is 14.7. The van der Waals surface area contributed by atoms with E-state index in [0.29, 0.717) is 0 Å². The van der Waals surface area contributed by atoms with Crippen LogP contribution in [0.4, 0.5) is 0 Å². The van der Waals surface area contributed by atoms with Gasteiger partial charge in [0.25, 0.3) is 0 Å². The molecule has 2 N–H and O–H groups in total. The van der Waals surface area contributed by atoms with Crippen molar-refractivity contribution in [2.45, 2.75) is 25.9 Å². The van der Waals surface area contributed by atoms with Crippen molar-refractivity contribution in [1.29, 1.82) is 0 Å². The van der Waals surface area contributed by atoms with Crippen LogP contribution in [0.5, 0.6) is 0 Å². The molecule has 0 radical (unpaired) electrons. The number of hydrogen-bond donors (Lipinski definition) is 1. The molecule has 0 saturated heterocycles. The Labute approximate surface area is 121 Å². The van der Waals surface area contributed by atoms with E-state index in [9.17, 15) is 0 Å². The van der Waals surface area contributed by atoms with Crippen LogP contribution in [0, 0.1) is 0 Å². The number of benzene rings is 1. The third-order valence-corrected chi connectivity index (χ3v) is 3.44. The summed E-state index contributed by atoms with van der Waals surface area (Å²) in [6.45, 7) is 5.02. The first-order chi connectivity index (χ1) is 9.78. The van der Waals surface area contributed by atoms with E-state index in [1.165, 1.54) is 11.1 Å². The molecule has 0 fully saturated rings. The molecule has 0 saturated carbocycles. The van der Waals surface area contributed by atoms with Crippen molar-refractivity contribution in [1.82, 2.24) is 9.88 Å².